The van der Waals surface area contributed by atoms with Crippen LogP contribution in [0, 0.1) is 17.4 Å². The van der Waals surface area contributed by atoms with E-state index in [1.54, 1.807) is 0 Å². The molecule has 0 radical (unpaired) electrons. The lowest BCUT2D eigenvalue weighted by Gasteiger charge is -2.07. The molecule has 140 valence electrons. The van der Waals surface area contributed by atoms with Crippen LogP contribution >= 0.6 is 34.4 Å². The first-order chi connectivity index (χ1) is 13.0. The average Bonchev–Trinajstić information content (AvgIpc) is 3.09. The number of amides is 1. The predicted octanol–water partition coefficient (Wildman–Crippen LogP) is 4.60. The van der Waals surface area contributed by atoms with Gasteiger partial charge in [-0.15, -0.1) is 10.2 Å². The van der Waals surface area contributed by atoms with E-state index >= 15 is 0 Å². The fourth-order valence-corrected chi connectivity index (χ4v) is 3.37. The highest BCUT2D eigenvalue weighted by Gasteiger charge is 2.11. The molecule has 0 fully saturated rings. The second-order valence-corrected chi connectivity index (χ2v) is 8.04. The number of aromatic nitrogens is 2. The highest BCUT2D eigenvalue weighted by atomic mass is 127. The molecule has 0 aliphatic carbocycles. The number of carbonyl (C=O) groups excluding carboxylic acids is 1. The van der Waals surface area contributed by atoms with Gasteiger partial charge in [0.25, 0.3) is 11.1 Å². The summed E-state index contributed by atoms with van der Waals surface area (Å²) < 4.78 is 12.3. The summed E-state index contributed by atoms with van der Waals surface area (Å²) in [7, 11) is 0. The molecule has 1 aromatic heterocycles. The number of nitrogens with one attached hydrogen (secondary N) is 1. The van der Waals surface area contributed by atoms with Crippen LogP contribution in [0.5, 0.6) is 5.75 Å². The molecule has 0 spiro atoms. The summed E-state index contributed by atoms with van der Waals surface area (Å²) in [6.45, 7) is 4.18. The zero-order valence-corrected chi connectivity index (χ0v) is 17.8. The van der Waals surface area contributed by atoms with Gasteiger partial charge < -0.3 is 14.5 Å². The number of carbonyl (C=O) groups is 1. The van der Waals surface area contributed by atoms with Crippen LogP contribution in [-0.2, 0) is 11.4 Å². The SMILES string of the molecule is Cc1ccc(C)c(OCc2nnc(SCC(=O)Nc3cccc(I)c3)o2)c1. The van der Waals surface area contributed by atoms with Gasteiger partial charge in [0.1, 0.15) is 5.75 Å². The van der Waals surface area contributed by atoms with Crippen molar-refractivity contribution in [2.75, 3.05) is 11.1 Å². The maximum atomic E-state index is 12.0. The number of benzene rings is 2. The van der Waals surface area contributed by atoms with Crippen molar-refractivity contribution in [1.82, 2.24) is 10.2 Å². The molecule has 0 atom stereocenters. The molecule has 2 aromatic carbocycles. The summed E-state index contributed by atoms with van der Waals surface area (Å²) in [5.74, 6) is 1.22. The second kappa shape index (κ2) is 9.23. The van der Waals surface area contributed by atoms with E-state index in [2.05, 4.69) is 38.1 Å². The minimum atomic E-state index is -0.131. The average molecular weight is 495 g/mol. The number of hydrogen-bond donors (Lipinski definition) is 1. The molecule has 3 rings (SSSR count). The molecule has 0 aliphatic rings. The first-order valence-corrected chi connectivity index (χ1v) is 10.3. The third-order valence-electron chi connectivity index (χ3n) is 3.58. The Kier molecular flexibility index (Phi) is 6.73. The first-order valence-electron chi connectivity index (χ1n) is 8.20. The van der Waals surface area contributed by atoms with E-state index in [0.717, 1.165) is 26.1 Å². The molecule has 1 N–H and O–H groups in total. The van der Waals surface area contributed by atoms with Crippen LogP contribution in [0.1, 0.15) is 17.0 Å². The van der Waals surface area contributed by atoms with E-state index in [0.29, 0.717) is 11.1 Å². The van der Waals surface area contributed by atoms with Gasteiger partial charge in [-0.25, -0.2) is 0 Å². The van der Waals surface area contributed by atoms with Crippen molar-refractivity contribution < 1.29 is 13.9 Å². The van der Waals surface area contributed by atoms with Crippen LogP contribution in [0.2, 0.25) is 0 Å². The molecule has 1 heterocycles. The van der Waals surface area contributed by atoms with Crippen LogP contribution in [0.15, 0.2) is 52.1 Å². The summed E-state index contributed by atoms with van der Waals surface area (Å²) in [6, 6.07) is 13.6. The third kappa shape index (κ3) is 5.96. The van der Waals surface area contributed by atoms with Crippen LogP contribution in [0.3, 0.4) is 0 Å². The van der Waals surface area contributed by atoms with E-state index in [1.165, 1.54) is 11.8 Å². The van der Waals surface area contributed by atoms with Crippen LogP contribution in [0.25, 0.3) is 0 Å². The monoisotopic (exact) mass is 495 g/mol. The summed E-state index contributed by atoms with van der Waals surface area (Å²) in [4.78, 5) is 12.0. The molecule has 0 aliphatic heterocycles. The Balaban J connectivity index is 1.49. The predicted molar refractivity (Wildman–Crippen MR) is 113 cm³/mol. The zero-order valence-electron chi connectivity index (χ0n) is 14.9. The number of thioether (sulfide) groups is 1. The van der Waals surface area contributed by atoms with Gasteiger partial charge in [0, 0.05) is 9.26 Å². The van der Waals surface area contributed by atoms with Crippen molar-refractivity contribution >= 4 is 45.9 Å². The summed E-state index contributed by atoms with van der Waals surface area (Å²) >= 11 is 3.39. The number of ether oxygens (including phenoxy) is 1. The molecular formula is C19H18IN3O3S. The summed E-state index contributed by atoms with van der Waals surface area (Å²) in [5.41, 5.74) is 2.93. The molecule has 0 saturated heterocycles. The molecule has 0 unspecified atom stereocenters. The van der Waals surface area contributed by atoms with Crippen molar-refractivity contribution in [2.24, 2.45) is 0 Å². The number of anilines is 1. The zero-order chi connectivity index (χ0) is 19.2. The normalized spacial score (nSPS) is 10.6. The van der Waals surface area contributed by atoms with Gasteiger partial charge in [0.05, 0.1) is 5.75 Å². The van der Waals surface area contributed by atoms with Gasteiger partial charge in [-0.3, -0.25) is 4.79 Å². The maximum Gasteiger partial charge on any atom is 0.277 e. The first kappa shape index (κ1) is 19.7. The van der Waals surface area contributed by atoms with E-state index in [4.69, 9.17) is 9.15 Å². The molecule has 8 heteroatoms. The van der Waals surface area contributed by atoms with E-state index in [9.17, 15) is 4.79 Å². The van der Waals surface area contributed by atoms with Crippen molar-refractivity contribution in [3.05, 3.63) is 63.1 Å². The lowest BCUT2D eigenvalue weighted by molar-refractivity contribution is -0.113. The smallest absolute Gasteiger partial charge is 0.277 e. The van der Waals surface area contributed by atoms with Crippen molar-refractivity contribution in [3.63, 3.8) is 0 Å². The van der Waals surface area contributed by atoms with Gasteiger partial charge in [0.15, 0.2) is 6.61 Å². The largest absolute Gasteiger partial charge is 0.484 e. The number of hydrogen-bond acceptors (Lipinski definition) is 6. The Morgan fingerprint density at radius 1 is 1.22 bits per heavy atom. The van der Waals surface area contributed by atoms with Crippen LogP contribution in [-0.4, -0.2) is 21.9 Å². The van der Waals surface area contributed by atoms with Gasteiger partial charge in [-0.1, -0.05) is 30.0 Å². The minimum Gasteiger partial charge on any atom is -0.484 e. The van der Waals surface area contributed by atoms with Crippen LogP contribution in [0.4, 0.5) is 5.69 Å². The number of rotatable bonds is 7. The standard InChI is InChI=1S/C19H18IN3O3S/c1-12-6-7-13(2)16(8-12)25-10-18-22-23-19(26-18)27-11-17(24)21-15-5-3-4-14(20)9-15/h3-9H,10-11H2,1-2H3,(H,21,24). The topological polar surface area (TPSA) is 77.2 Å². The Labute approximate surface area is 175 Å². The van der Waals surface area contributed by atoms with Crippen molar-refractivity contribution in [1.29, 1.82) is 0 Å². The molecule has 27 heavy (non-hydrogen) atoms. The summed E-state index contributed by atoms with van der Waals surface area (Å²) in [5, 5.41) is 11.1. The highest BCUT2D eigenvalue weighted by Crippen LogP contribution is 2.22. The lowest BCUT2D eigenvalue weighted by Crippen LogP contribution is -2.14. The van der Waals surface area contributed by atoms with Crippen molar-refractivity contribution in [2.45, 2.75) is 25.7 Å². The maximum absolute atomic E-state index is 12.0. The Morgan fingerprint density at radius 2 is 2.07 bits per heavy atom. The summed E-state index contributed by atoms with van der Waals surface area (Å²) in [6.07, 6.45) is 0. The quantitative estimate of drug-likeness (QED) is 0.382. The Hall–Kier alpha value is -2.07. The van der Waals surface area contributed by atoms with Gasteiger partial charge >= 0.3 is 0 Å². The van der Waals surface area contributed by atoms with Crippen LogP contribution < -0.4 is 10.1 Å². The number of nitrogens with zero attached hydrogens (tertiary/aromatic N) is 2. The van der Waals surface area contributed by atoms with E-state index < -0.39 is 0 Å². The van der Waals surface area contributed by atoms with Gasteiger partial charge in [-0.2, -0.15) is 0 Å². The van der Waals surface area contributed by atoms with Gasteiger partial charge in [-0.05, 0) is 71.8 Å². The number of aryl methyl sites for hydroxylation is 2. The Bertz CT molecular complexity index is 945. The highest BCUT2D eigenvalue weighted by molar-refractivity contribution is 14.1. The molecule has 6 nitrogen and oxygen atoms in total. The lowest BCUT2D eigenvalue weighted by atomic mass is 10.1. The second-order valence-electron chi connectivity index (χ2n) is 5.87. The molecular weight excluding hydrogens is 477 g/mol. The van der Waals surface area contributed by atoms with Gasteiger partial charge in [0.2, 0.25) is 5.91 Å². The fraction of sp³-hybridized carbons (Fsp3) is 0.211. The molecule has 0 saturated carbocycles. The number of halogens is 1. The molecule has 1 amide bonds. The Morgan fingerprint density at radius 3 is 2.89 bits per heavy atom. The van der Waals surface area contributed by atoms with E-state index in [1.807, 2.05) is 56.3 Å². The molecule has 3 aromatic rings. The minimum absolute atomic E-state index is 0.131. The third-order valence-corrected chi connectivity index (χ3v) is 5.07. The van der Waals surface area contributed by atoms with E-state index in [-0.39, 0.29) is 18.3 Å². The fourth-order valence-electron chi connectivity index (χ4n) is 2.25. The molecule has 0 bridgehead atoms. The van der Waals surface area contributed by atoms with Crippen molar-refractivity contribution in [3.8, 4) is 5.75 Å².